The SMILES string of the molecule is CCc1nnc(C)cc1C(=O)Cc1ccc(F)c(F)c1. The van der Waals surface area contributed by atoms with Crippen molar-refractivity contribution in [3.8, 4) is 0 Å². The summed E-state index contributed by atoms with van der Waals surface area (Å²) >= 11 is 0. The summed E-state index contributed by atoms with van der Waals surface area (Å²) in [5.74, 6) is -2.04. The highest BCUT2D eigenvalue weighted by Gasteiger charge is 2.14. The molecule has 2 aromatic rings. The molecule has 0 unspecified atom stereocenters. The lowest BCUT2D eigenvalue weighted by Crippen LogP contribution is -2.10. The van der Waals surface area contributed by atoms with Gasteiger partial charge in [-0.2, -0.15) is 10.2 Å². The summed E-state index contributed by atoms with van der Waals surface area (Å²) in [5.41, 5.74) is 2.19. The maximum atomic E-state index is 13.1. The van der Waals surface area contributed by atoms with Crippen molar-refractivity contribution < 1.29 is 13.6 Å². The topological polar surface area (TPSA) is 42.9 Å². The van der Waals surface area contributed by atoms with E-state index in [9.17, 15) is 13.6 Å². The quantitative estimate of drug-likeness (QED) is 0.806. The van der Waals surface area contributed by atoms with E-state index in [1.807, 2.05) is 6.92 Å². The van der Waals surface area contributed by atoms with Gasteiger partial charge in [0, 0.05) is 12.0 Å². The first kappa shape index (κ1) is 14.2. The number of aryl methyl sites for hydroxylation is 2. The number of hydrogen-bond acceptors (Lipinski definition) is 3. The minimum atomic E-state index is -0.949. The van der Waals surface area contributed by atoms with Gasteiger partial charge in [-0.1, -0.05) is 13.0 Å². The number of benzene rings is 1. The third kappa shape index (κ3) is 3.04. The van der Waals surface area contributed by atoms with Gasteiger partial charge in [0.25, 0.3) is 0 Å². The maximum Gasteiger partial charge on any atom is 0.169 e. The van der Waals surface area contributed by atoms with Crippen molar-refractivity contribution in [2.75, 3.05) is 0 Å². The van der Waals surface area contributed by atoms with Crippen LogP contribution in [0.4, 0.5) is 8.78 Å². The fourth-order valence-electron chi connectivity index (χ4n) is 1.95. The summed E-state index contributed by atoms with van der Waals surface area (Å²) in [4.78, 5) is 12.3. The van der Waals surface area contributed by atoms with Crippen LogP contribution in [0.25, 0.3) is 0 Å². The molecule has 104 valence electrons. The van der Waals surface area contributed by atoms with E-state index >= 15 is 0 Å². The largest absolute Gasteiger partial charge is 0.294 e. The molecule has 1 aromatic carbocycles. The Hall–Kier alpha value is -2.17. The molecule has 0 amide bonds. The van der Waals surface area contributed by atoms with Crippen molar-refractivity contribution in [2.24, 2.45) is 0 Å². The van der Waals surface area contributed by atoms with Crippen molar-refractivity contribution >= 4 is 5.78 Å². The molecule has 5 heteroatoms. The number of Topliss-reactive ketones (excluding diaryl/α,β-unsaturated/α-hetero) is 1. The van der Waals surface area contributed by atoms with Crippen LogP contribution in [0.2, 0.25) is 0 Å². The average Bonchev–Trinajstić information content (AvgIpc) is 2.43. The molecule has 0 radical (unpaired) electrons. The fraction of sp³-hybridized carbons (Fsp3) is 0.267. The molecule has 0 aliphatic heterocycles. The summed E-state index contributed by atoms with van der Waals surface area (Å²) in [6, 6.07) is 5.15. The smallest absolute Gasteiger partial charge is 0.169 e. The first-order valence-corrected chi connectivity index (χ1v) is 6.31. The highest BCUT2D eigenvalue weighted by Crippen LogP contribution is 2.14. The van der Waals surface area contributed by atoms with Crippen LogP contribution in [0.5, 0.6) is 0 Å². The molecular weight excluding hydrogens is 262 g/mol. The van der Waals surface area contributed by atoms with Gasteiger partial charge >= 0.3 is 0 Å². The third-order valence-corrected chi connectivity index (χ3v) is 2.98. The van der Waals surface area contributed by atoms with Crippen molar-refractivity contribution in [2.45, 2.75) is 26.7 Å². The van der Waals surface area contributed by atoms with Crippen LogP contribution in [0, 0.1) is 18.6 Å². The maximum absolute atomic E-state index is 13.1. The standard InChI is InChI=1S/C15H14F2N2O/c1-3-14-11(6-9(2)18-19-14)15(20)8-10-4-5-12(16)13(17)7-10/h4-7H,3,8H2,1-2H3. The molecule has 1 aromatic heterocycles. The zero-order chi connectivity index (χ0) is 14.7. The normalized spacial score (nSPS) is 10.6. The number of carbonyl (C=O) groups excluding carboxylic acids is 1. The molecule has 0 fully saturated rings. The minimum Gasteiger partial charge on any atom is -0.294 e. The zero-order valence-electron chi connectivity index (χ0n) is 11.3. The van der Waals surface area contributed by atoms with Gasteiger partial charge in [-0.15, -0.1) is 0 Å². The number of hydrogen-bond donors (Lipinski definition) is 0. The molecule has 0 bridgehead atoms. The second-order valence-electron chi connectivity index (χ2n) is 4.55. The van der Waals surface area contributed by atoms with Gasteiger partial charge in [0.15, 0.2) is 17.4 Å². The lowest BCUT2D eigenvalue weighted by molar-refractivity contribution is 0.0991. The Morgan fingerprint density at radius 2 is 1.90 bits per heavy atom. The van der Waals surface area contributed by atoms with Crippen LogP contribution in [0.15, 0.2) is 24.3 Å². The summed E-state index contributed by atoms with van der Waals surface area (Å²) in [7, 11) is 0. The zero-order valence-corrected chi connectivity index (χ0v) is 11.3. The van der Waals surface area contributed by atoms with E-state index in [4.69, 9.17) is 0 Å². The van der Waals surface area contributed by atoms with Crippen LogP contribution in [-0.2, 0) is 12.8 Å². The van der Waals surface area contributed by atoms with Crippen molar-refractivity contribution in [3.63, 3.8) is 0 Å². The Kier molecular flexibility index (Phi) is 4.17. The molecule has 1 heterocycles. The van der Waals surface area contributed by atoms with Gasteiger partial charge in [0.2, 0.25) is 0 Å². The second-order valence-corrected chi connectivity index (χ2v) is 4.55. The first-order chi connectivity index (χ1) is 9.51. The Bertz CT molecular complexity index is 656. The Balaban J connectivity index is 2.27. The van der Waals surface area contributed by atoms with Crippen LogP contribution < -0.4 is 0 Å². The lowest BCUT2D eigenvalue weighted by Gasteiger charge is -2.07. The number of ketones is 1. The minimum absolute atomic E-state index is 0.00926. The van der Waals surface area contributed by atoms with Gasteiger partial charge in [0.05, 0.1) is 11.4 Å². The highest BCUT2D eigenvalue weighted by molar-refractivity contribution is 5.98. The molecule has 0 saturated carbocycles. The van der Waals surface area contributed by atoms with Gasteiger partial charge in [0.1, 0.15) is 0 Å². The van der Waals surface area contributed by atoms with Crippen molar-refractivity contribution in [1.82, 2.24) is 10.2 Å². The molecule has 0 aliphatic rings. The molecule has 0 spiro atoms. The van der Waals surface area contributed by atoms with Crippen LogP contribution in [0.1, 0.15) is 34.2 Å². The van der Waals surface area contributed by atoms with E-state index < -0.39 is 11.6 Å². The predicted octanol–water partition coefficient (Wildman–Crippen LogP) is 3.05. The van der Waals surface area contributed by atoms with Gasteiger partial charge in [-0.3, -0.25) is 4.79 Å². The van der Waals surface area contributed by atoms with Gasteiger partial charge in [-0.05, 0) is 37.1 Å². The van der Waals surface area contributed by atoms with E-state index in [1.54, 1.807) is 13.0 Å². The number of halogens is 2. The molecule has 2 rings (SSSR count). The summed E-state index contributed by atoms with van der Waals surface area (Å²) in [6.07, 6.45) is 0.599. The Labute approximate surface area is 115 Å². The average molecular weight is 276 g/mol. The van der Waals surface area contributed by atoms with Crippen molar-refractivity contribution in [3.05, 3.63) is 58.4 Å². The molecule has 20 heavy (non-hydrogen) atoms. The molecule has 0 aliphatic carbocycles. The summed E-state index contributed by atoms with van der Waals surface area (Å²) < 4.78 is 26.0. The van der Waals surface area contributed by atoms with E-state index in [-0.39, 0.29) is 12.2 Å². The summed E-state index contributed by atoms with van der Waals surface area (Å²) in [5, 5.41) is 7.90. The summed E-state index contributed by atoms with van der Waals surface area (Å²) in [6.45, 7) is 3.63. The number of nitrogens with zero attached hydrogens (tertiary/aromatic N) is 2. The molecule has 0 N–H and O–H groups in total. The first-order valence-electron chi connectivity index (χ1n) is 6.31. The fourth-order valence-corrected chi connectivity index (χ4v) is 1.95. The van der Waals surface area contributed by atoms with Crippen LogP contribution >= 0.6 is 0 Å². The Morgan fingerprint density at radius 1 is 1.15 bits per heavy atom. The number of rotatable bonds is 4. The molecule has 0 atom stereocenters. The number of aromatic nitrogens is 2. The van der Waals surface area contributed by atoms with Crippen molar-refractivity contribution in [1.29, 1.82) is 0 Å². The lowest BCUT2D eigenvalue weighted by atomic mass is 10.0. The molecular formula is C15H14F2N2O. The van der Waals surface area contributed by atoms with Gasteiger partial charge in [-0.25, -0.2) is 8.78 Å². The van der Waals surface area contributed by atoms with Crippen LogP contribution in [0.3, 0.4) is 0 Å². The highest BCUT2D eigenvalue weighted by atomic mass is 19.2. The molecule has 0 saturated heterocycles. The second kappa shape index (κ2) is 5.86. The van der Waals surface area contributed by atoms with E-state index in [1.165, 1.54) is 6.07 Å². The van der Waals surface area contributed by atoms with Gasteiger partial charge < -0.3 is 0 Å². The third-order valence-electron chi connectivity index (χ3n) is 2.98. The van der Waals surface area contributed by atoms with E-state index in [2.05, 4.69) is 10.2 Å². The predicted molar refractivity (Wildman–Crippen MR) is 70.5 cm³/mol. The monoisotopic (exact) mass is 276 g/mol. The number of carbonyl (C=O) groups is 1. The molecule has 3 nitrogen and oxygen atoms in total. The van der Waals surface area contributed by atoms with Crippen LogP contribution in [-0.4, -0.2) is 16.0 Å². The van der Waals surface area contributed by atoms with E-state index in [0.717, 1.165) is 12.1 Å². The van der Waals surface area contributed by atoms with E-state index in [0.29, 0.717) is 28.9 Å². The Morgan fingerprint density at radius 3 is 2.55 bits per heavy atom.